The summed E-state index contributed by atoms with van der Waals surface area (Å²) < 4.78 is 0. The number of rotatable bonds is 5. The first-order valence-electron chi connectivity index (χ1n) is 6.06. The fourth-order valence-electron chi connectivity index (χ4n) is 2.43. The number of hydrogen-bond acceptors (Lipinski definition) is 1. The van der Waals surface area contributed by atoms with Crippen LogP contribution in [-0.2, 0) is 0 Å². The normalized spacial score (nSPS) is 18.4. The van der Waals surface area contributed by atoms with Gasteiger partial charge in [-0.3, -0.25) is 0 Å². The molecule has 0 amide bonds. The summed E-state index contributed by atoms with van der Waals surface area (Å²) in [6, 6.07) is 0.853. The van der Waals surface area contributed by atoms with Gasteiger partial charge in [-0.2, -0.15) is 0 Å². The molecule has 80 valence electrons. The summed E-state index contributed by atoms with van der Waals surface area (Å²) in [7, 11) is 0. The number of hydrogen-bond donors (Lipinski definition) is 0. The van der Waals surface area contributed by atoms with Gasteiger partial charge in [0.25, 0.3) is 0 Å². The van der Waals surface area contributed by atoms with Gasteiger partial charge in [0.2, 0.25) is 0 Å². The number of terminal acetylenes is 1. The number of nitrogens with zero attached hydrogens (tertiary/aromatic N) is 1. The van der Waals surface area contributed by atoms with Gasteiger partial charge in [-0.05, 0) is 32.4 Å². The van der Waals surface area contributed by atoms with Gasteiger partial charge in [-0.15, -0.1) is 12.3 Å². The van der Waals surface area contributed by atoms with E-state index in [1.165, 1.54) is 51.6 Å². The zero-order valence-electron chi connectivity index (χ0n) is 9.47. The highest BCUT2D eigenvalue weighted by molar-refractivity contribution is 4.84. The Kier molecular flexibility index (Phi) is 5.71. The third kappa shape index (κ3) is 3.72. The monoisotopic (exact) mass is 193 g/mol. The summed E-state index contributed by atoms with van der Waals surface area (Å²) in [5, 5.41) is 0. The molecule has 14 heavy (non-hydrogen) atoms. The van der Waals surface area contributed by atoms with Crippen LogP contribution in [-0.4, -0.2) is 24.0 Å². The molecular formula is C13H23N. The Morgan fingerprint density at radius 1 is 1.29 bits per heavy atom. The lowest BCUT2D eigenvalue weighted by atomic mass is 9.94. The van der Waals surface area contributed by atoms with Crippen LogP contribution in [0, 0.1) is 12.3 Å². The van der Waals surface area contributed by atoms with E-state index in [9.17, 15) is 0 Å². The highest BCUT2D eigenvalue weighted by Gasteiger charge is 2.18. The van der Waals surface area contributed by atoms with Gasteiger partial charge in [0.15, 0.2) is 0 Å². The number of unbranched alkanes of at least 4 members (excludes halogenated alkanes) is 1. The van der Waals surface area contributed by atoms with Gasteiger partial charge in [0, 0.05) is 12.5 Å². The highest BCUT2D eigenvalue weighted by Crippen LogP contribution is 2.22. The molecule has 1 saturated carbocycles. The molecule has 1 rings (SSSR count). The summed E-state index contributed by atoms with van der Waals surface area (Å²) in [6.45, 7) is 4.66. The molecule has 1 aliphatic rings. The van der Waals surface area contributed by atoms with Crippen molar-refractivity contribution in [1.82, 2.24) is 4.90 Å². The van der Waals surface area contributed by atoms with Gasteiger partial charge < -0.3 is 4.90 Å². The van der Waals surface area contributed by atoms with Crippen molar-refractivity contribution in [3.05, 3.63) is 0 Å². The van der Waals surface area contributed by atoms with Crippen molar-refractivity contribution in [2.24, 2.45) is 0 Å². The Balaban J connectivity index is 2.25. The Morgan fingerprint density at radius 2 is 2.00 bits per heavy atom. The standard InChI is InChI=1S/C13H23N/c1-3-5-9-12-14(4-2)13-10-7-6-8-11-13/h1,13H,4-12H2,2H3. The van der Waals surface area contributed by atoms with Gasteiger partial charge in [-0.25, -0.2) is 0 Å². The minimum atomic E-state index is 0.853. The van der Waals surface area contributed by atoms with E-state index in [1.807, 2.05) is 0 Å². The molecule has 1 fully saturated rings. The molecule has 0 bridgehead atoms. The molecule has 0 saturated heterocycles. The molecule has 0 radical (unpaired) electrons. The minimum absolute atomic E-state index is 0.853. The fourth-order valence-corrected chi connectivity index (χ4v) is 2.43. The zero-order valence-corrected chi connectivity index (χ0v) is 9.47. The van der Waals surface area contributed by atoms with Gasteiger partial charge in [0.05, 0.1) is 0 Å². The highest BCUT2D eigenvalue weighted by atomic mass is 15.1. The van der Waals surface area contributed by atoms with Crippen molar-refractivity contribution in [3.8, 4) is 12.3 Å². The molecule has 0 N–H and O–H groups in total. The Bertz CT molecular complexity index is 174. The predicted octanol–water partition coefficient (Wildman–Crippen LogP) is 3.05. The van der Waals surface area contributed by atoms with Crippen LogP contribution >= 0.6 is 0 Å². The molecule has 0 aliphatic heterocycles. The van der Waals surface area contributed by atoms with Crippen molar-refractivity contribution < 1.29 is 0 Å². The predicted molar refractivity (Wildman–Crippen MR) is 62.2 cm³/mol. The maximum atomic E-state index is 5.27. The smallest absolute Gasteiger partial charge is 0.00982 e. The van der Waals surface area contributed by atoms with E-state index < -0.39 is 0 Å². The van der Waals surface area contributed by atoms with Crippen LogP contribution in [0.5, 0.6) is 0 Å². The summed E-state index contributed by atoms with van der Waals surface area (Å²) in [6.07, 6.45) is 14.5. The summed E-state index contributed by atoms with van der Waals surface area (Å²) in [4.78, 5) is 2.62. The van der Waals surface area contributed by atoms with Gasteiger partial charge >= 0.3 is 0 Å². The van der Waals surface area contributed by atoms with E-state index in [0.29, 0.717) is 0 Å². The summed E-state index contributed by atoms with van der Waals surface area (Å²) in [5.41, 5.74) is 0. The topological polar surface area (TPSA) is 3.24 Å². The van der Waals surface area contributed by atoms with Crippen LogP contribution in [0.1, 0.15) is 51.9 Å². The van der Waals surface area contributed by atoms with Crippen LogP contribution in [0.4, 0.5) is 0 Å². The quantitative estimate of drug-likeness (QED) is 0.479. The Hall–Kier alpha value is -0.480. The van der Waals surface area contributed by atoms with Crippen molar-refractivity contribution in [1.29, 1.82) is 0 Å². The van der Waals surface area contributed by atoms with Gasteiger partial charge in [-0.1, -0.05) is 26.2 Å². The van der Waals surface area contributed by atoms with Crippen LogP contribution in [0.15, 0.2) is 0 Å². The maximum Gasteiger partial charge on any atom is 0.00982 e. The lowest BCUT2D eigenvalue weighted by molar-refractivity contribution is 0.162. The SMILES string of the molecule is C#CCCCN(CC)C1CCCCC1. The van der Waals surface area contributed by atoms with E-state index >= 15 is 0 Å². The molecule has 1 nitrogen and oxygen atoms in total. The molecule has 1 heteroatoms. The largest absolute Gasteiger partial charge is 0.301 e. The lowest BCUT2D eigenvalue weighted by Crippen LogP contribution is -2.37. The first-order valence-corrected chi connectivity index (χ1v) is 6.06. The van der Waals surface area contributed by atoms with E-state index in [2.05, 4.69) is 17.7 Å². The molecule has 0 unspecified atom stereocenters. The van der Waals surface area contributed by atoms with Crippen LogP contribution in [0.2, 0.25) is 0 Å². The average molecular weight is 193 g/mol. The Morgan fingerprint density at radius 3 is 2.57 bits per heavy atom. The molecule has 0 aromatic carbocycles. The third-order valence-electron chi connectivity index (χ3n) is 3.26. The van der Waals surface area contributed by atoms with E-state index in [-0.39, 0.29) is 0 Å². The summed E-state index contributed by atoms with van der Waals surface area (Å²) >= 11 is 0. The molecule has 0 spiro atoms. The minimum Gasteiger partial charge on any atom is -0.301 e. The lowest BCUT2D eigenvalue weighted by Gasteiger charge is -2.33. The van der Waals surface area contributed by atoms with Crippen molar-refractivity contribution >= 4 is 0 Å². The second-order valence-electron chi connectivity index (χ2n) is 4.23. The first-order chi connectivity index (χ1) is 6.88. The third-order valence-corrected chi connectivity index (χ3v) is 3.26. The van der Waals surface area contributed by atoms with E-state index in [1.54, 1.807) is 0 Å². The second kappa shape index (κ2) is 6.90. The average Bonchev–Trinajstić information content (AvgIpc) is 2.26. The van der Waals surface area contributed by atoms with Crippen molar-refractivity contribution in [3.63, 3.8) is 0 Å². The molecule has 0 aromatic rings. The van der Waals surface area contributed by atoms with Crippen molar-refractivity contribution in [2.75, 3.05) is 13.1 Å². The maximum absolute atomic E-state index is 5.27. The molecule has 0 aromatic heterocycles. The zero-order chi connectivity index (χ0) is 10.2. The van der Waals surface area contributed by atoms with Crippen LogP contribution in [0.25, 0.3) is 0 Å². The molecule has 1 aliphatic carbocycles. The first kappa shape index (κ1) is 11.6. The van der Waals surface area contributed by atoms with Crippen LogP contribution in [0.3, 0.4) is 0 Å². The molecular weight excluding hydrogens is 170 g/mol. The van der Waals surface area contributed by atoms with Crippen molar-refractivity contribution in [2.45, 2.75) is 57.9 Å². The molecule has 0 atom stereocenters. The van der Waals surface area contributed by atoms with E-state index in [4.69, 9.17) is 6.42 Å². The summed E-state index contributed by atoms with van der Waals surface area (Å²) in [5.74, 6) is 2.72. The Labute approximate surface area is 88.9 Å². The fraction of sp³-hybridized carbons (Fsp3) is 0.846. The molecule has 0 heterocycles. The second-order valence-corrected chi connectivity index (χ2v) is 4.23. The van der Waals surface area contributed by atoms with Gasteiger partial charge in [0.1, 0.15) is 0 Å². The van der Waals surface area contributed by atoms with Crippen LogP contribution < -0.4 is 0 Å². The van der Waals surface area contributed by atoms with E-state index in [0.717, 1.165) is 12.5 Å².